The van der Waals surface area contributed by atoms with E-state index in [9.17, 15) is 0 Å². The Morgan fingerprint density at radius 2 is 2.11 bits per heavy atom. The summed E-state index contributed by atoms with van der Waals surface area (Å²) in [5.41, 5.74) is 0.214. The molecule has 0 saturated carbocycles. The second-order valence-electron chi connectivity index (χ2n) is 6.63. The highest BCUT2D eigenvalue weighted by atomic mass is 16.5. The summed E-state index contributed by atoms with van der Waals surface area (Å²) in [4.78, 5) is 2.60. The zero-order valence-corrected chi connectivity index (χ0v) is 12.2. The van der Waals surface area contributed by atoms with Crippen LogP contribution in [0.5, 0.6) is 0 Å². The summed E-state index contributed by atoms with van der Waals surface area (Å²) >= 11 is 0. The van der Waals surface area contributed by atoms with Crippen molar-refractivity contribution in [2.75, 3.05) is 39.3 Å². The van der Waals surface area contributed by atoms with Gasteiger partial charge in [0.05, 0.1) is 12.7 Å². The van der Waals surface area contributed by atoms with Gasteiger partial charge in [-0.3, -0.25) is 4.90 Å². The Bertz CT molecular complexity index is 252. The summed E-state index contributed by atoms with van der Waals surface area (Å²) in [6.45, 7) is 12.9. The van der Waals surface area contributed by atoms with E-state index >= 15 is 0 Å². The topological polar surface area (TPSA) is 36.5 Å². The number of nitrogens with zero attached hydrogens (tertiary/aromatic N) is 1. The lowest BCUT2D eigenvalue weighted by Gasteiger charge is -2.35. The molecule has 2 saturated heterocycles. The molecule has 2 rings (SSSR count). The van der Waals surface area contributed by atoms with E-state index in [0.717, 1.165) is 32.8 Å². The van der Waals surface area contributed by atoms with Gasteiger partial charge >= 0.3 is 0 Å². The van der Waals surface area contributed by atoms with Crippen molar-refractivity contribution in [3.05, 3.63) is 0 Å². The first-order valence-corrected chi connectivity index (χ1v) is 7.36. The van der Waals surface area contributed by atoms with Gasteiger partial charge < -0.3 is 15.4 Å². The highest BCUT2D eigenvalue weighted by Gasteiger charge is 2.31. The molecule has 2 atom stereocenters. The number of nitrogens with one attached hydrogen (secondary N) is 2. The van der Waals surface area contributed by atoms with Gasteiger partial charge in [0.2, 0.25) is 0 Å². The second-order valence-corrected chi connectivity index (χ2v) is 6.63. The average Bonchev–Trinajstić information content (AvgIpc) is 2.74. The van der Waals surface area contributed by atoms with Crippen LogP contribution in [0.3, 0.4) is 0 Å². The number of hydrogen-bond acceptors (Lipinski definition) is 4. The highest BCUT2D eigenvalue weighted by Crippen LogP contribution is 2.22. The zero-order chi connectivity index (χ0) is 13.0. The maximum atomic E-state index is 5.91. The van der Waals surface area contributed by atoms with Crippen molar-refractivity contribution < 1.29 is 4.74 Å². The molecule has 0 aromatic heterocycles. The predicted octanol–water partition coefficient (Wildman–Crippen LogP) is 0.827. The largest absolute Gasteiger partial charge is 0.374 e. The minimum atomic E-state index is 0.214. The van der Waals surface area contributed by atoms with Crippen molar-refractivity contribution in [1.29, 1.82) is 0 Å². The van der Waals surface area contributed by atoms with Gasteiger partial charge in [-0.2, -0.15) is 0 Å². The number of ether oxygens (including phenoxy) is 1. The zero-order valence-electron chi connectivity index (χ0n) is 12.2. The summed E-state index contributed by atoms with van der Waals surface area (Å²) in [7, 11) is 0. The molecule has 2 fully saturated rings. The average molecular weight is 255 g/mol. The number of hydrogen-bond donors (Lipinski definition) is 2. The molecule has 0 radical (unpaired) electrons. The molecule has 2 N–H and O–H groups in total. The molecule has 2 aliphatic heterocycles. The first-order chi connectivity index (χ1) is 8.54. The van der Waals surface area contributed by atoms with Crippen molar-refractivity contribution in [3.8, 4) is 0 Å². The Morgan fingerprint density at radius 3 is 2.89 bits per heavy atom. The highest BCUT2D eigenvalue weighted by molar-refractivity contribution is 4.85. The van der Waals surface area contributed by atoms with E-state index in [4.69, 9.17) is 4.74 Å². The fraction of sp³-hybridized carbons (Fsp3) is 1.00. The van der Waals surface area contributed by atoms with E-state index in [1.54, 1.807) is 0 Å². The van der Waals surface area contributed by atoms with Crippen molar-refractivity contribution >= 4 is 0 Å². The van der Waals surface area contributed by atoms with Crippen LogP contribution in [0.2, 0.25) is 0 Å². The summed E-state index contributed by atoms with van der Waals surface area (Å²) in [6, 6.07) is 0.712. The number of fused-ring (bicyclic) bond motifs is 1. The van der Waals surface area contributed by atoms with E-state index in [1.807, 2.05) is 0 Å². The van der Waals surface area contributed by atoms with Crippen LogP contribution in [0.4, 0.5) is 0 Å². The smallest absolute Gasteiger partial charge is 0.0827 e. The van der Waals surface area contributed by atoms with Gasteiger partial charge in [0, 0.05) is 37.8 Å². The third kappa shape index (κ3) is 4.50. The Kier molecular flexibility index (Phi) is 5.01. The fourth-order valence-electron chi connectivity index (χ4n) is 2.80. The van der Waals surface area contributed by atoms with E-state index in [0.29, 0.717) is 12.1 Å². The molecule has 0 aliphatic carbocycles. The van der Waals surface area contributed by atoms with Gasteiger partial charge in [-0.15, -0.1) is 0 Å². The van der Waals surface area contributed by atoms with Crippen molar-refractivity contribution in [2.24, 2.45) is 0 Å². The lowest BCUT2D eigenvalue weighted by molar-refractivity contribution is -0.0468. The van der Waals surface area contributed by atoms with E-state index in [-0.39, 0.29) is 5.54 Å². The van der Waals surface area contributed by atoms with Crippen LogP contribution in [-0.4, -0.2) is 61.9 Å². The number of morpholine rings is 1. The Labute approximate surface area is 111 Å². The van der Waals surface area contributed by atoms with Crippen LogP contribution in [-0.2, 0) is 4.74 Å². The molecule has 2 unspecified atom stereocenters. The molecule has 2 heterocycles. The standard InChI is InChI=1S/C14H29N3O/c1-14(2,3)16-7-6-15-9-13-10-17-8-4-5-12(17)11-18-13/h12-13,15-16H,4-11H2,1-3H3. The molecule has 18 heavy (non-hydrogen) atoms. The fourth-order valence-corrected chi connectivity index (χ4v) is 2.80. The quantitative estimate of drug-likeness (QED) is 0.714. The van der Waals surface area contributed by atoms with Crippen LogP contribution in [0.25, 0.3) is 0 Å². The Balaban J connectivity index is 1.54. The van der Waals surface area contributed by atoms with Crippen LogP contribution in [0, 0.1) is 0 Å². The maximum Gasteiger partial charge on any atom is 0.0827 e. The third-order valence-corrected chi connectivity index (χ3v) is 3.79. The summed E-state index contributed by atoms with van der Waals surface area (Å²) < 4.78 is 5.91. The minimum absolute atomic E-state index is 0.214. The summed E-state index contributed by atoms with van der Waals surface area (Å²) in [6.07, 6.45) is 3.06. The Morgan fingerprint density at radius 1 is 1.28 bits per heavy atom. The molecule has 0 amide bonds. The van der Waals surface area contributed by atoms with Gasteiger partial charge in [-0.05, 0) is 40.2 Å². The van der Waals surface area contributed by atoms with Crippen LogP contribution in [0.1, 0.15) is 33.6 Å². The number of rotatable bonds is 5. The molecule has 0 aromatic rings. The minimum Gasteiger partial charge on any atom is -0.374 e. The first-order valence-electron chi connectivity index (χ1n) is 7.36. The van der Waals surface area contributed by atoms with Crippen LogP contribution in [0.15, 0.2) is 0 Å². The monoisotopic (exact) mass is 255 g/mol. The van der Waals surface area contributed by atoms with E-state index < -0.39 is 0 Å². The third-order valence-electron chi connectivity index (χ3n) is 3.79. The van der Waals surface area contributed by atoms with Gasteiger partial charge in [0.15, 0.2) is 0 Å². The maximum absolute atomic E-state index is 5.91. The Hall–Kier alpha value is -0.160. The lowest BCUT2D eigenvalue weighted by atomic mass is 10.1. The SMILES string of the molecule is CC(C)(C)NCCNCC1CN2CCCC2CO1. The van der Waals surface area contributed by atoms with Crippen LogP contribution >= 0.6 is 0 Å². The molecular formula is C14H29N3O. The molecule has 4 heteroatoms. The summed E-state index contributed by atoms with van der Waals surface area (Å²) in [5.74, 6) is 0. The molecular weight excluding hydrogens is 226 g/mol. The first kappa shape index (κ1) is 14.3. The molecule has 0 spiro atoms. The molecule has 4 nitrogen and oxygen atoms in total. The van der Waals surface area contributed by atoms with Gasteiger partial charge in [0.1, 0.15) is 0 Å². The predicted molar refractivity (Wildman–Crippen MR) is 75.0 cm³/mol. The molecule has 0 aromatic carbocycles. The van der Waals surface area contributed by atoms with Crippen molar-refractivity contribution in [3.63, 3.8) is 0 Å². The van der Waals surface area contributed by atoms with E-state index in [1.165, 1.54) is 19.4 Å². The van der Waals surface area contributed by atoms with Crippen molar-refractivity contribution in [2.45, 2.75) is 51.3 Å². The van der Waals surface area contributed by atoms with E-state index in [2.05, 4.69) is 36.3 Å². The molecule has 0 bridgehead atoms. The molecule has 106 valence electrons. The summed E-state index contributed by atoms with van der Waals surface area (Å²) in [5, 5.41) is 6.98. The van der Waals surface area contributed by atoms with Gasteiger partial charge in [-0.25, -0.2) is 0 Å². The second kappa shape index (κ2) is 6.33. The van der Waals surface area contributed by atoms with Crippen molar-refractivity contribution in [1.82, 2.24) is 15.5 Å². The molecule has 2 aliphatic rings. The van der Waals surface area contributed by atoms with Gasteiger partial charge in [0.25, 0.3) is 0 Å². The van der Waals surface area contributed by atoms with Crippen LogP contribution < -0.4 is 10.6 Å². The van der Waals surface area contributed by atoms with Gasteiger partial charge in [-0.1, -0.05) is 0 Å². The normalized spacial score (nSPS) is 29.5. The lowest BCUT2D eigenvalue weighted by Crippen LogP contribution is -2.50.